The Morgan fingerprint density at radius 3 is 2.39 bits per heavy atom. The highest BCUT2D eigenvalue weighted by molar-refractivity contribution is 6.39. The van der Waals surface area contributed by atoms with Crippen LogP contribution in [0.5, 0.6) is 5.88 Å². The Labute approximate surface area is 263 Å². The molecule has 0 spiro atoms. The molecule has 2 aromatic heterocycles. The molecule has 10 nitrogen and oxygen atoms in total. The summed E-state index contributed by atoms with van der Waals surface area (Å²) in [6, 6.07) is 12.4. The largest absolute Gasteiger partial charge is 0.481 e. The summed E-state index contributed by atoms with van der Waals surface area (Å²) in [5.74, 6) is -0.233. The third kappa shape index (κ3) is 5.11. The molecule has 2 atom stereocenters. The summed E-state index contributed by atoms with van der Waals surface area (Å²) in [6.07, 6.45) is 3.35. The van der Waals surface area contributed by atoms with Gasteiger partial charge in [-0.1, -0.05) is 53.5 Å². The third-order valence-corrected chi connectivity index (χ3v) is 9.24. The minimum atomic E-state index is -0.717. The van der Waals surface area contributed by atoms with Crippen LogP contribution in [0, 0.1) is 0 Å². The van der Waals surface area contributed by atoms with E-state index in [9.17, 15) is 19.5 Å². The van der Waals surface area contributed by atoms with Crippen molar-refractivity contribution >= 4 is 34.8 Å². The molecule has 6 rings (SSSR count). The maximum atomic E-state index is 13.1. The summed E-state index contributed by atoms with van der Waals surface area (Å²) >= 11 is 13.8. The fourth-order valence-electron chi connectivity index (χ4n) is 6.26. The number of pyridine rings is 1. The van der Waals surface area contributed by atoms with E-state index < -0.39 is 23.3 Å². The zero-order valence-electron chi connectivity index (χ0n) is 24.4. The molecule has 44 heavy (non-hydrogen) atoms. The molecule has 228 valence electrons. The van der Waals surface area contributed by atoms with E-state index in [1.165, 1.54) is 20.3 Å². The van der Waals surface area contributed by atoms with Crippen molar-refractivity contribution in [3.05, 3.63) is 96.2 Å². The van der Waals surface area contributed by atoms with Gasteiger partial charge in [-0.25, -0.2) is 9.78 Å². The van der Waals surface area contributed by atoms with Gasteiger partial charge in [-0.15, -0.1) is 0 Å². The van der Waals surface area contributed by atoms with Crippen molar-refractivity contribution in [2.24, 2.45) is 14.1 Å². The first-order valence-corrected chi connectivity index (χ1v) is 15.0. The Kier molecular flexibility index (Phi) is 8.10. The van der Waals surface area contributed by atoms with Crippen molar-refractivity contribution in [1.82, 2.24) is 19.0 Å². The Hall–Kier alpha value is -3.96. The first-order chi connectivity index (χ1) is 21.1. The van der Waals surface area contributed by atoms with Gasteiger partial charge in [0.25, 0.3) is 11.5 Å². The molecule has 1 fully saturated rings. The molecule has 0 radical (unpaired) electrons. The predicted octanol–water partition coefficient (Wildman–Crippen LogP) is 4.43. The van der Waals surface area contributed by atoms with Gasteiger partial charge in [0.2, 0.25) is 5.88 Å². The lowest BCUT2D eigenvalue weighted by Crippen LogP contribution is -2.40. The van der Waals surface area contributed by atoms with Crippen LogP contribution in [0.3, 0.4) is 0 Å². The van der Waals surface area contributed by atoms with Crippen molar-refractivity contribution in [2.75, 3.05) is 25.5 Å². The van der Waals surface area contributed by atoms with Crippen molar-refractivity contribution in [2.45, 2.75) is 31.4 Å². The van der Waals surface area contributed by atoms with E-state index in [2.05, 4.69) is 10.2 Å². The number of amides is 1. The van der Waals surface area contributed by atoms with E-state index >= 15 is 0 Å². The maximum absolute atomic E-state index is 13.1. The second-order valence-corrected chi connectivity index (χ2v) is 11.9. The molecule has 3 heterocycles. The van der Waals surface area contributed by atoms with Crippen LogP contribution in [0.4, 0.5) is 5.69 Å². The van der Waals surface area contributed by atoms with Crippen LogP contribution >= 0.6 is 23.2 Å². The fraction of sp³-hybridized carbons (Fsp3) is 0.312. The Morgan fingerprint density at radius 1 is 1.02 bits per heavy atom. The smallest absolute Gasteiger partial charge is 0.330 e. The zero-order chi connectivity index (χ0) is 31.3. The number of nitrogens with zero attached hydrogens (tertiary/aromatic N) is 4. The number of anilines is 1. The number of aliphatic hydroxyl groups excluding tert-OH is 1. The molecule has 4 aromatic rings. The number of rotatable bonds is 6. The molecule has 2 aromatic carbocycles. The van der Waals surface area contributed by atoms with Gasteiger partial charge in [0, 0.05) is 49.0 Å². The highest BCUT2D eigenvalue weighted by Crippen LogP contribution is 2.46. The molecule has 12 heteroatoms. The van der Waals surface area contributed by atoms with Crippen LogP contribution in [-0.4, -0.2) is 56.3 Å². The Bertz CT molecular complexity index is 1910. The number of carbonyl (C=O) groups is 1. The van der Waals surface area contributed by atoms with Gasteiger partial charge in [-0.2, -0.15) is 0 Å². The van der Waals surface area contributed by atoms with Crippen molar-refractivity contribution < 1.29 is 14.6 Å². The fourth-order valence-corrected chi connectivity index (χ4v) is 6.86. The summed E-state index contributed by atoms with van der Waals surface area (Å²) in [5.41, 5.74) is 3.14. The van der Waals surface area contributed by atoms with Crippen molar-refractivity contribution in [3.8, 4) is 28.3 Å². The summed E-state index contributed by atoms with van der Waals surface area (Å²) in [5, 5.41) is 14.3. The van der Waals surface area contributed by atoms with Crippen LogP contribution in [0.15, 0.2) is 58.3 Å². The lowest BCUT2D eigenvalue weighted by atomic mass is 9.99. The second kappa shape index (κ2) is 11.9. The van der Waals surface area contributed by atoms with E-state index in [1.807, 2.05) is 24.3 Å². The lowest BCUT2D eigenvalue weighted by Gasteiger charge is -2.27. The van der Waals surface area contributed by atoms with E-state index in [0.717, 1.165) is 46.2 Å². The van der Waals surface area contributed by atoms with Crippen LogP contribution < -0.4 is 21.3 Å². The first kappa shape index (κ1) is 30.1. The number of aliphatic hydroxyl groups is 1. The van der Waals surface area contributed by atoms with Gasteiger partial charge >= 0.3 is 5.69 Å². The van der Waals surface area contributed by atoms with Crippen LogP contribution in [-0.2, 0) is 20.5 Å². The molecule has 1 aliphatic carbocycles. The van der Waals surface area contributed by atoms with Crippen LogP contribution in [0.1, 0.15) is 40.4 Å². The third-order valence-electron chi connectivity index (χ3n) is 8.43. The number of likely N-dealkylation sites (tertiary alicyclic amines) is 1. The molecule has 0 saturated carbocycles. The highest BCUT2D eigenvalue weighted by atomic mass is 35.5. The number of hydrogen-bond donors (Lipinski definition) is 2. The Morgan fingerprint density at radius 2 is 1.68 bits per heavy atom. The first-order valence-electron chi connectivity index (χ1n) is 14.3. The van der Waals surface area contributed by atoms with E-state index in [0.29, 0.717) is 39.7 Å². The van der Waals surface area contributed by atoms with E-state index in [1.54, 1.807) is 25.3 Å². The number of fused-ring (bicyclic) bond motifs is 1. The average molecular weight is 637 g/mol. The SMILES string of the molecule is COc1nc(-c2cccc(-c3cccc(NC(=O)c4cn(C)c(=O)n(C)c4=O)c3Cl)c2Cl)cc2c1[C@@H](N1CCCC1)[C@@H](O)C2. The maximum Gasteiger partial charge on any atom is 0.330 e. The van der Waals surface area contributed by atoms with Crippen LogP contribution in [0.25, 0.3) is 22.4 Å². The molecule has 1 saturated heterocycles. The summed E-state index contributed by atoms with van der Waals surface area (Å²) in [4.78, 5) is 44.9. The average Bonchev–Trinajstić information content (AvgIpc) is 3.65. The number of halogens is 2. The van der Waals surface area contributed by atoms with Gasteiger partial charge in [-0.3, -0.25) is 19.1 Å². The van der Waals surface area contributed by atoms with Crippen molar-refractivity contribution in [3.63, 3.8) is 0 Å². The molecular formula is C32H31Cl2N5O5. The number of nitrogens with one attached hydrogen (secondary N) is 1. The number of carbonyl (C=O) groups excluding carboxylic acids is 1. The zero-order valence-corrected chi connectivity index (χ0v) is 25.9. The molecule has 2 N–H and O–H groups in total. The topological polar surface area (TPSA) is 119 Å². The second-order valence-electron chi connectivity index (χ2n) is 11.1. The van der Waals surface area contributed by atoms with Gasteiger partial charge in [0.1, 0.15) is 5.56 Å². The summed E-state index contributed by atoms with van der Waals surface area (Å²) in [6.45, 7) is 1.86. The van der Waals surface area contributed by atoms with E-state index in [-0.39, 0.29) is 22.3 Å². The normalized spacial score (nSPS) is 18.0. The minimum absolute atomic E-state index is 0.150. The molecule has 2 aliphatic rings. The monoisotopic (exact) mass is 635 g/mol. The molecule has 0 unspecified atom stereocenters. The number of aromatic nitrogens is 3. The standard InChI is InChI=1S/C32H31Cl2N5O5/c1-37-16-21(31(42)38(2)32(37)43)29(41)35-22-11-7-9-19(27(22)34)18-8-6-10-20(26(18)33)23-14-17-15-24(40)28(39-12-4-5-13-39)25(17)30(36-23)44-3/h6-11,14,16,24,28,40H,4-5,12-13,15H2,1-3H3,(H,35,41)/t24-,28-/m0/s1. The highest BCUT2D eigenvalue weighted by Gasteiger charge is 2.40. The summed E-state index contributed by atoms with van der Waals surface area (Å²) < 4.78 is 7.78. The minimum Gasteiger partial charge on any atom is -0.481 e. The number of benzene rings is 2. The number of ether oxygens (including phenoxy) is 1. The molecule has 1 aliphatic heterocycles. The molecule has 0 bridgehead atoms. The Balaban J connectivity index is 1.36. The summed E-state index contributed by atoms with van der Waals surface area (Å²) in [7, 11) is 4.35. The molecular weight excluding hydrogens is 605 g/mol. The number of methoxy groups -OCH3 is 1. The van der Waals surface area contributed by atoms with E-state index in [4.69, 9.17) is 32.9 Å². The molecule has 1 amide bonds. The predicted molar refractivity (Wildman–Crippen MR) is 170 cm³/mol. The number of aryl methyl sites for hydroxylation is 1. The van der Waals surface area contributed by atoms with Gasteiger partial charge < -0.3 is 19.7 Å². The van der Waals surface area contributed by atoms with Crippen LogP contribution in [0.2, 0.25) is 10.0 Å². The van der Waals surface area contributed by atoms with Gasteiger partial charge in [-0.05, 0) is 43.6 Å². The number of hydrogen-bond acceptors (Lipinski definition) is 7. The van der Waals surface area contributed by atoms with Gasteiger partial charge in [0.15, 0.2) is 0 Å². The lowest BCUT2D eigenvalue weighted by molar-refractivity contribution is 0.0739. The van der Waals surface area contributed by atoms with Gasteiger partial charge in [0.05, 0.1) is 40.7 Å². The quantitative estimate of drug-likeness (QED) is 0.322. The van der Waals surface area contributed by atoms with Crippen molar-refractivity contribution in [1.29, 1.82) is 0 Å².